The fourth-order valence-electron chi connectivity index (χ4n) is 2.00. The van der Waals surface area contributed by atoms with Crippen molar-refractivity contribution in [3.63, 3.8) is 0 Å². The van der Waals surface area contributed by atoms with Crippen molar-refractivity contribution in [3.8, 4) is 0 Å². The Labute approximate surface area is 109 Å². The molecule has 1 saturated heterocycles. The van der Waals surface area contributed by atoms with Crippen LogP contribution in [0.5, 0.6) is 0 Å². The molecule has 0 aromatic heterocycles. The summed E-state index contributed by atoms with van der Waals surface area (Å²) >= 11 is 1.79. The van der Waals surface area contributed by atoms with Crippen LogP contribution in [0.25, 0.3) is 0 Å². The van der Waals surface area contributed by atoms with E-state index in [1.165, 1.54) is 18.2 Å². The largest absolute Gasteiger partial charge is 0.312 e. The first-order valence-electron chi connectivity index (χ1n) is 5.92. The summed E-state index contributed by atoms with van der Waals surface area (Å²) in [6, 6.07) is 3.80. The van der Waals surface area contributed by atoms with Gasteiger partial charge in [-0.05, 0) is 12.1 Å². The molecule has 1 aromatic carbocycles. The lowest BCUT2D eigenvalue weighted by atomic mass is 10.0. The third kappa shape index (κ3) is 3.53. The second-order valence-electron chi connectivity index (χ2n) is 4.35. The fourth-order valence-corrected chi connectivity index (χ4v) is 2.95. The molecule has 98 valence electrons. The number of thioether (sulfide) groups is 1. The van der Waals surface area contributed by atoms with E-state index in [-0.39, 0.29) is 23.8 Å². The van der Waals surface area contributed by atoms with Gasteiger partial charge in [0, 0.05) is 42.5 Å². The first-order chi connectivity index (χ1) is 8.66. The van der Waals surface area contributed by atoms with E-state index >= 15 is 0 Å². The summed E-state index contributed by atoms with van der Waals surface area (Å²) in [4.78, 5) is 11.8. The number of hydrogen-bond acceptors (Lipinski definition) is 3. The van der Waals surface area contributed by atoms with E-state index in [0.29, 0.717) is 6.42 Å². The second-order valence-corrected chi connectivity index (χ2v) is 5.50. The minimum absolute atomic E-state index is 0.119. The molecular formula is C13H15F2NOS. The van der Waals surface area contributed by atoms with Gasteiger partial charge in [-0.1, -0.05) is 6.07 Å². The van der Waals surface area contributed by atoms with Crippen molar-refractivity contribution in [1.82, 2.24) is 5.32 Å². The van der Waals surface area contributed by atoms with Gasteiger partial charge in [-0.3, -0.25) is 4.79 Å². The summed E-state index contributed by atoms with van der Waals surface area (Å²) in [5.74, 6) is 0.514. The van der Waals surface area contributed by atoms with E-state index in [0.717, 1.165) is 18.1 Å². The zero-order chi connectivity index (χ0) is 13.0. The summed E-state index contributed by atoms with van der Waals surface area (Å²) in [6.45, 7) is 0.886. The van der Waals surface area contributed by atoms with Gasteiger partial charge >= 0.3 is 0 Å². The average molecular weight is 271 g/mol. The van der Waals surface area contributed by atoms with Crippen LogP contribution in [-0.2, 0) is 11.2 Å². The quantitative estimate of drug-likeness (QED) is 0.910. The Bertz CT molecular complexity index is 413. The highest BCUT2D eigenvalue weighted by molar-refractivity contribution is 7.99. The van der Waals surface area contributed by atoms with Gasteiger partial charge < -0.3 is 5.32 Å². The van der Waals surface area contributed by atoms with Crippen molar-refractivity contribution in [2.24, 2.45) is 0 Å². The van der Waals surface area contributed by atoms with Crippen molar-refractivity contribution in [2.75, 3.05) is 18.1 Å². The zero-order valence-electron chi connectivity index (χ0n) is 9.92. The van der Waals surface area contributed by atoms with Crippen LogP contribution in [0, 0.1) is 11.6 Å². The summed E-state index contributed by atoms with van der Waals surface area (Å²) in [5, 5.41) is 3.24. The Morgan fingerprint density at radius 2 is 2.11 bits per heavy atom. The number of halogens is 2. The number of carbonyl (C=O) groups excluding carboxylic acids is 1. The third-order valence-electron chi connectivity index (χ3n) is 2.91. The van der Waals surface area contributed by atoms with E-state index < -0.39 is 11.6 Å². The number of rotatable bonds is 4. The van der Waals surface area contributed by atoms with Gasteiger partial charge in [0.15, 0.2) is 0 Å². The molecule has 0 radical (unpaired) electrons. The lowest BCUT2D eigenvalue weighted by Crippen LogP contribution is -2.39. The monoisotopic (exact) mass is 271 g/mol. The minimum Gasteiger partial charge on any atom is -0.312 e. The summed E-state index contributed by atoms with van der Waals surface area (Å²) in [5.41, 5.74) is -0.119. The lowest BCUT2D eigenvalue weighted by Gasteiger charge is -2.22. The highest BCUT2D eigenvalue weighted by atomic mass is 32.2. The van der Waals surface area contributed by atoms with Crippen LogP contribution in [0.3, 0.4) is 0 Å². The Hall–Kier alpha value is -0.940. The normalized spacial score (nSPS) is 19.8. The standard InChI is InChI=1S/C13H15F2NOS/c14-12-2-1-3-13(15)11(12)7-10(17)6-9-8-18-5-4-16-9/h1-3,9,16H,4-8H2. The highest BCUT2D eigenvalue weighted by Gasteiger charge is 2.19. The fraction of sp³-hybridized carbons (Fsp3) is 0.462. The van der Waals surface area contributed by atoms with Crippen molar-refractivity contribution in [2.45, 2.75) is 18.9 Å². The molecule has 1 aliphatic heterocycles. The maximum absolute atomic E-state index is 13.4. The predicted molar refractivity (Wildman–Crippen MR) is 68.8 cm³/mol. The molecule has 0 saturated carbocycles. The molecule has 1 heterocycles. The van der Waals surface area contributed by atoms with E-state index in [1.807, 2.05) is 0 Å². The topological polar surface area (TPSA) is 29.1 Å². The minimum atomic E-state index is -0.644. The molecule has 2 nitrogen and oxygen atoms in total. The number of ketones is 1. The van der Waals surface area contributed by atoms with Crippen molar-refractivity contribution in [3.05, 3.63) is 35.4 Å². The molecule has 1 fully saturated rings. The number of hydrogen-bond donors (Lipinski definition) is 1. The molecule has 1 unspecified atom stereocenters. The molecule has 2 rings (SSSR count). The second kappa shape index (κ2) is 6.29. The molecule has 5 heteroatoms. The molecule has 0 amide bonds. The van der Waals surface area contributed by atoms with Gasteiger partial charge in [0.1, 0.15) is 17.4 Å². The van der Waals surface area contributed by atoms with Crippen molar-refractivity contribution in [1.29, 1.82) is 0 Å². The van der Waals surface area contributed by atoms with Gasteiger partial charge in [-0.15, -0.1) is 0 Å². The van der Waals surface area contributed by atoms with Crippen LogP contribution in [-0.4, -0.2) is 29.9 Å². The van der Waals surface area contributed by atoms with Gasteiger partial charge in [0.2, 0.25) is 0 Å². The SMILES string of the molecule is O=C(Cc1c(F)cccc1F)CC1CSCCN1. The number of carbonyl (C=O) groups is 1. The van der Waals surface area contributed by atoms with E-state index in [4.69, 9.17) is 0 Å². The summed E-state index contributed by atoms with van der Waals surface area (Å²) in [6.07, 6.45) is 0.169. The molecule has 1 aliphatic rings. The van der Waals surface area contributed by atoms with E-state index in [9.17, 15) is 13.6 Å². The van der Waals surface area contributed by atoms with E-state index in [2.05, 4.69) is 5.32 Å². The third-order valence-corrected chi connectivity index (χ3v) is 4.04. The Morgan fingerprint density at radius 1 is 1.39 bits per heavy atom. The number of nitrogens with one attached hydrogen (secondary N) is 1. The molecule has 1 N–H and O–H groups in total. The molecule has 0 aliphatic carbocycles. The smallest absolute Gasteiger partial charge is 0.139 e. The number of benzene rings is 1. The summed E-state index contributed by atoms with van der Waals surface area (Å²) in [7, 11) is 0. The van der Waals surface area contributed by atoms with Gasteiger partial charge in [0.25, 0.3) is 0 Å². The molecule has 1 aromatic rings. The van der Waals surface area contributed by atoms with Crippen LogP contribution in [0.15, 0.2) is 18.2 Å². The maximum Gasteiger partial charge on any atom is 0.139 e. The molecule has 0 bridgehead atoms. The Balaban J connectivity index is 1.94. The van der Waals surface area contributed by atoms with Crippen LogP contribution in [0.4, 0.5) is 8.78 Å². The van der Waals surface area contributed by atoms with Gasteiger partial charge in [-0.25, -0.2) is 8.78 Å². The maximum atomic E-state index is 13.4. The molecule has 1 atom stereocenters. The average Bonchev–Trinajstić information content (AvgIpc) is 2.35. The molecular weight excluding hydrogens is 256 g/mol. The highest BCUT2D eigenvalue weighted by Crippen LogP contribution is 2.16. The van der Waals surface area contributed by atoms with E-state index in [1.54, 1.807) is 11.8 Å². The van der Waals surface area contributed by atoms with Gasteiger partial charge in [-0.2, -0.15) is 11.8 Å². The molecule has 0 spiro atoms. The van der Waals surface area contributed by atoms with Crippen molar-refractivity contribution >= 4 is 17.5 Å². The predicted octanol–water partition coefficient (Wildman–Crippen LogP) is 2.17. The van der Waals surface area contributed by atoms with Gasteiger partial charge in [0.05, 0.1) is 0 Å². The first kappa shape index (κ1) is 13.5. The van der Waals surface area contributed by atoms with Crippen LogP contribution in [0.2, 0.25) is 0 Å². The van der Waals surface area contributed by atoms with Crippen LogP contribution in [0.1, 0.15) is 12.0 Å². The van der Waals surface area contributed by atoms with Crippen molar-refractivity contribution < 1.29 is 13.6 Å². The zero-order valence-corrected chi connectivity index (χ0v) is 10.7. The van der Waals surface area contributed by atoms with Crippen LogP contribution >= 0.6 is 11.8 Å². The Morgan fingerprint density at radius 3 is 2.72 bits per heavy atom. The summed E-state index contributed by atoms with van der Waals surface area (Å²) < 4.78 is 26.8. The number of Topliss-reactive ketones (excluding diaryl/α,β-unsaturated/α-hetero) is 1. The lowest BCUT2D eigenvalue weighted by molar-refractivity contribution is -0.118. The van der Waals surface area contributed by atoms with Crippen LogP contribution < -0.4 is 5.32 Å². The Kier molecular flexibility index (Phi) is 4.72. The molecule has 18 heavy (non-hydrogen) atoms. The first-order valence-corrected chi connectivity index (χ1v) is 7.08.